The van der Waals surface area contributed by atoms with Crippen LogP contribution >= 0.6 is 0 Å². The highest BCUT2D eigenvalue weighted by Crippen LogP contribution is 2.40. The van der Waals surface area contributed by atoms with Crippen LogP contribution < -0.4 is 0 Å². The van der Waals surface area contributed by atoms with Gasteiger partial charge in [0.1, 0.15) is 12.0 Å². The van der Waals surface area contributed by atoms with Gasteiger partial charge in [-0.3, -0.25) is 9.80 Å². The number of aldehydes is 1. The van der Waals surface area contributed by atoms with E-state index in [4.69, 9.17) is 4.74 Å². The Labute approximate surface area is 205 Å². The zero-order chi connectivity index (χ0) is 24.7. The van der Waals surface area contributed by atoms with Crippen LogP contribution in [0.15, 0.2) is 54.6 Å². The Morgan fingerprint density at radius 3 is 2.32 bits per heavy atom. The highest BCUT2D eigenvalue weighted by atomic mass is 16.5. The van der Waals surface area contributed by atoms with Crippen molar-refractivity contribution in [3.8, 4) is 5.75 Å². The number of aromatic hydroxyl groups is 1. The lowest BCUT2D eigenvalue weighted by Crippen LogP contribution is -2.58. The summed E-state index contributed by atoms with van der Waals surface area (Å²) < 4.78 is 4.94. The maximum absolute atomic E-state index is 11.0. The number of fused-ring (bicyclic) bond motifs is 1. The number of benzene rings is 2. The smallest absolute Gasteiger partial charge is 0.121 e. The monoisotopic (exact) mass is 466 g/mol. The van der Waals surface area contributed by atoms with Gasteiger partial charge >= 0.3 is 0 Å². The number of rotatable bonds is 5. The molecule has 0 radical (unpaired) electrons. The minimum Gasteiger partial charge on any atom is -0.508 e. The fourth-order valence-corrected chi connectivity index (χ4v) is 5.15. The van der Waals surface area contributed by atoms with Crippen LogP contribution in [-0.4, -0.2) is 66.1 Å². The summed E-state index contributed by atoms with van der Waals surface area (Å²) in [7, 11) is 1.71. The number of nitrogens with zero attached hydrogens (tertiary/aromatic N) is 2. The SMILES string of the molecule is CC1CN2C[C@H](c3ccccc3)N(CCC=O)CC2CC1c1cccc(O)c1.COC(C)(C)C. The van der Waals surface area contributed by atoms with Gasteiger partial charge < -0.3 is 14.6 Å². The van der Waals surface area contributed by atoms with E-state index in [0.717, 1.165) is 38.9 Å². The van der Waals surface area contributed by atoms with E-state index in [2.05, 4.69) is 53.1 Å². The number of phenols is 1. The van der Waals surface area contributed by atoms with Crippen LogP contribution in [0, 0.1) is 5.92 Å². The maximum atomic E-state index is 11.0. The third-order valence-electron chi connectivity index (χ3n) is 7.17. The fraction of sp³-hybridized carbons (Fsp3) is 0.552. The Hall–Kier alpha value is -2.21. The normalized spacial score (nSPS) is 25.7. The van der Waals surface area contributed by atoms with Crippen molar-refractivity contribution in [2.75, 3.05) is 33.3 Å². The molecule has 34 heavy (non-hydrogen) atoms. The number of piperidine rings is 1. The van der Waals surface area contributed by atoms with Crippen LogP contribution in [-0.2, 0) is 9.53 Å². The summed E-state index contributed by atoms with van der Waals surface area (Å²) in [4.78, 5) is 16.2. The molecule has 0 spiro atoms. The number of carbonyl (C=O) groups excluding carboxylic acids is 1. The number of hydrogen-bond donors (Lipinski definition) is 1. The molecule has 2 aliphatic heterocycles. The van der Waals surface area contributed by atoms with Crippen LogP contribution in [0.3, 0.4) is 0 Å². The first kappa shape index (κ1) is 26.4. The summed E-state index contributed by atoms with van der Waals surface area (Å²) in [5, 5.41) is 9.91. The summed E-state index contributed by atoms with van der Waals surface area (Å²) in [5.74, 6) is 1.37. The molecule has 2 fully saturated rings. The molecule has 4 atom stereocenters. The third kappa shape index (κ3) is 7.14. The second-order valence-corrected chi connectivity index (χ2v) is 10.7. The molecule has 2 aliphatic rings. The van der Waals surface area contributed by atoms with Crippen LogP contribution in [0.5, 0.6) is 5.75 Å². The van der Waals surface area contributed by atoms with Crippen LogP contribution in [0.2, 0.25) is 0 Å². The van der Waals surface area contributed by atoms with Gasteiger partial charge in [-0.05, 0) is 62.3 Å². The average Bonchev–Trinajstić information content (AvgIpc) is 2.82. The van der Waals surface area contributed by atoms with E-state index in [-0.39, 0.29) is 5.60 Å². The first-order valence-corrected chi connectivity index (χ1v) is 12.5. The van der Waals surface area contributed by atoms with Crippen LogP contribution in [0.4, 0.5) is 0 Å². The zero-order valence-corrected chi connectivity index (χ0v) is 21.5. The standard InChI is InChI=1S/C24H30N2O2.C5H12O/c1-18-15-26-17-24(19-7-3-2-4-8-19)25(11-6-12-27)16-21(26)14-23(18)20-9-5-10-22(28)13-20;1-5(2,3)6-4/h2-5,7-10,12-13,18,21,23-24,28H,6,11,14-17H2,1H3;1-4H3/t18?,21?,23?,24-;/m1./s1. The largest absolute Gasteiger partial charge is 0.508 e. The molecule has 186 valence electrons. The topological polar surface area (TPSA) is 53.0 Å². The molecular formula is C29H42N2O3. The van der Waals surface area contributed by atoms with Crippen molar-refractivity contribution in [2.24, 2.45) is 5.92 Å². The summed E-state index contributed by atoms with van der Waals surface area (Å²) in [5.41, 5.74) is 2.63. The zero-order valence-electron chi connectivity index (χ0n) is 21.5. The molecule has 4 rings (SSSR count). The first-order chi connectivity index (χ1) is 16.2. The van der Waals surface area contributed by atoms with Gasteiger partial charge in [0.2, 0.25) is 0 Å². The Morgan fingerprint density at radius 2 is 1.71 bits per heavy atom. The molecule has 0 aliphatic carbocycles. The molecule has 2 saturated heterocycles. The third-order valence-corrected chi connectivity index (χ3v) is 7.17. The number of carbonyl (C=O) groups is 1. The van der Waals surface area contributed by atoms with Gasteiger partial charge in [-0.1, -0.05) is 49.4 Å². The second kappa shape index (κ2) is 12.0. The highest BCUT2D eigenvalue weighted by Gasteiger charge is 2.40. The van der Waals surface area contributed by atoms with Crippen molar-refractivity contribution >= 4 is 6.29 Å². The van der Waals surface area contributed by atoms with Gasteiger partial charge in [-0.15, -0.1) is 0 Å². The minimum absolute atomic E-state index is 0.0417. The van der Waals surface area contributed by atoms with Gasteiger partial charge in [-0.2, -0.15) is 0 Å². The summed E-state index contributed by atoms with van der Waals surface area (Å²) in [6.07, 6.45) is 2.72. The molecule has 0 amide bonds. The predicted molar refractivity (Wildman–Crippen MR) is 138 cm³/mol. The first-order valence-electron chi connectivity index (χ1n) is 12.5. The molecule has 2 heterocycles. The molecule has 5 nitrogen and oxygen atoms in total. The van der Waals surface area contributed by atoms with Crippen molar-refractivity contribution in [1.29, 1.82) is 0 Å². The summed E-state index contributed by atoms with van der Waals surface area (Å²) in [6, 6.07) is 19.3. The number of phenolic OH excluding ortho intramolecular Hbond substituents is 1. The number of methoxy groups -OCH3 is 1. The van der Waals surface area contributed by atoms with Gasteiger partial charge in [0.05, 0.1) is 5.60 Å². The van der Waals surface area contributed by atoms with E-state index >= 15 is 0 Å². The Balaban J connectivity index is 0.000000481. The predicted octanol–water partition coefficient (Wildman–Crippen LogP) is 5.26. The van der Waals surface area contributed by atoms with E-state index in [9.17, 15) is 9.90 Å². The Kier molecular flexibility index (Phi) is 9.29. The van der Waals surface area contributed by atoms with Crippen molar-refractivity contribution in [2.45, 2.75) is 64.1 Å². The highest BCUT2D eigenvalue weighted by molar-refractivity contribution is 5.49. The van der Waals surface area contributed by atoms with Crippen molar-refractivity contribution in [3.05, 3.63) is 65.7 Å². The van der Waals surface area contributed by atoms with Gasteiger partial charge in [0.15, 0.2) is 0 Å². The number of ether oxygens (including phenoxy) is 1. The molecule has 0 saturated carbocycles. The molecule has 5 heteroatoms. The van der Waals surface area contributed by atoms with Crippen LogP contribution in [0.1, 0.15) is 63.6 Å². The van der Waals surface area contributed by atoms with E-state index in [1.54, 1.807) is 13.2 Å². The molecule has 2 aromatic rings. The average molecular weight is 467 g/mol. The molecule has 2 aromatic carbocycles. The summed E-state index contributed by atoms with van der Waals surface area (Å²) >= 11 is 0. The van der Waals surface area contributed by atoms with Gasteiger partial charge in [0.25, 0.3) is 0 Å². The minimum atomic E-state index is 0.0417. The molecule has 0 aromatic heterocycles. The van der Waals surface area contributed by atoms with E-state index in [0.29, 0.717) is 36.1 Å². The van der Waals surface area contributed by atoms with Crippen molar-refractivity contribution < 1.29 is 14.6 Å². The second-order valence-electron chi connectivity index (χ2n) is 10.7. The van der Waals surface area contributed by atoms with Gasteiger partial charge in [0, 0.05) is 51.8 Å². The van der Waals surface area contributed by atoms with E-state index in [1.165, 1.54) is 11.1 Å². The number of piperazine rings is 1. The van der Waals surface area contributed by atoms with Crippen LogP contribution in [0.25, 0.3) is 0 Å². The molecule has 1 N–H and O–H groups in total. The van der Waals surface area contributed by atoms with Crippen molar-refractivity contribution in [3.63, 3.8) is 0 Å². The lowest BCUT2D eigenvalue weighted by molar-refractivity contribution is -0.108. The van der Waals surface area contributed by atoms with E-state index in [1.807, 2.05) is 32.9 Å². The number of hydrogen-bond acceptors (Lipinski definition) is 5. The molecule has 0 bridgehead atoms. The molecular weight excluding hydrogens is 424 g/mol. The van der Waals surface area contributed by atoms with E-state index < -0.39 is 0 Å². The quantitative estimate of drug-likeness (QED) is 0.609. The Bertz CT molecular complexity index is 896. The lowest BCUT2D eigenvalue weighted by Gasteiger charge is -2.52. The fourth-order valence-electron chi connectivity index (χ4n) is 5.15. The molecule has 3 unspecified atom stereocenters. The maximum Gasteiger partial charge on any atom is 0.121 e. The summed E-state index contributed by atoms with van der Waals surface area (Å²) in [6.45, 7) is 12.3. The van der Waals surface area contributed by atoms with Crippen molar-refractivity contribution in [1.82, 2.24) is 9.80 Å². The van der Waals surface area contributed by atoms with Gasteiger partial charge in [-0.25, -0.2) is 0 Å². The Morgan fingerprint density at radius 1 is 1.03 bits per heavy atom. The lowest BCUT2D eigenvalue weighted by atomic mass is 9.77.